The van der Waals surface area contributed by atoms with Crippen LogP contribution in [0.1, 0.15) is 42.0 Å². The SMILES string of the molecule is Cc1cc(F)cc(C)c1C(N)CCCC(=O)O. The molecule has 1 aromatic carbocycles. The number of nitrogens with two attached hydrogens (primary N) is 1. The summed E-state index contributed by atoms with van der Waals surface area (Å²) in [5.74, 6) is -1.08. The Bertz CT molecular complexity index is 395. The number of halogens is 1. The van der Waals surface area contributed by atoms with Gasteiger partial charge < -0.3 is 10.8 Å². The highest BCUT2D eigenvalue weighted by molar-refractivity contribution is 5.66. The summed E-state index contributed by atoms with van der Waals surface area (Å²) < 4.78 is 13.1. The van der Waals surface area contributed by atoms with Crippen molar-refractivity contribution in [2.75, 3.05) is 0 Å². The Morgan fingerprint density at radius 1 is 1.41 bits per heavy atom. The van der Waals surface area contributed by atoms with Crippen LogP contribution in [0, 0.1) is 19.7 Å². The van der Waals surface area contributed by atoms with Gasteiger partial charge in [-0.1, -0.05) is 0 Å². The van der Waals surface area contributed by atoms with Crippen molar-refractivity contribution in [1.29, 1.82) is 0 Å². The molecule has 1 atom stereocenters. The third kappa shape index (κ3) is 3.82. The zero-order valence-corrected chi connectivity index (χ0v) is 10.2. The number of hydrogen-bond donors (Lipinski definition) is 2. The number of aliphatic carboxylic acids is 1. The second-order valence-electron chi connectivity index (χ2n) is 4.35. The van der Waals surface area contributed by atoms with Crippen LogP contribution in [0.4, 0.5) is 4.39 Å². The van der Waals surface area contributed by atoms with Gasteiger partial charge in [-0.2, -0.15) is 0 Å². The second-order valence-corrected chi connectivity index (χ2v) is 4.35. The van der Waals surface area contributed by atoms with Crippen molar-refractivity contribution in [1.82, 2.24) is 0 Å². The molecule has 0 radical (unpaired) electrons. The molecule has 94 valence electrons. The van der Waals surface area contributed by atoms with Gasteiger partial charge >= 0.3 is 5.97 Å². The average molecular weight is 239 g/mol. The molecule has 0 saturated heterocycles. The number of benzene rings is 1. The molecule has 0 heterocycles. The Kier molecular flexibility index (Phi) is 4.63. The summed E-state index contributed by atoms with van der Waals surface area (Å²) in [6.07, 6.45) is 1.25. The fourth-order valence-corrected chi connectivity index (χ4v) is 2.12. The predicted octanol–water partition coefficient (Wildman–Crippen LogP) is 2.70. The quantitative estimate of drug-likeness (QED) is 0.830. The van der Waals surface area contributed by atoms with E-state index in [1.165, 1.54) is 12.1 Å². The molecule has 0 aromatic heterocycles. The summed E-state index contributed by atoms with van der Waals surface area (Å²) >= 11 is 0. The standard InChI is InChI=1S/C13H18FNO2/c1-8-6-10(14)7-9(2)13(8)11(15)4-3-5-12(16)17/h6-7,11H,3-5,15H2,1-2H3,(H,16,17). The first-order valence-electron chi connectivity index (χ1n) is 5.66. The second kappa shape index (κ2) is 5.77. The third-order valence-corrected chi connectivity index (χ3v) is 2.84. The zero-order valence-electron chi connectivity index (χ0n) is 10.2. The van der Waals surface area contributed by atoms with E-state index in [2.05, 4.69) is 0 Å². The first-order valence-corrected chi connectivity index (χ1v) is 5.66. The van der Waals surface area contributed by atoms with E-state index in [1.54, 1.807) is 0 Å². The van der Waals surface area contributed by atoms with Gasteiger partial charge in [0.1, 0.15) is 5.82 Å². The van der Waals surface area contributed by atoms with Gasteiger partial charge in [-0.3, -0.25) is 4.79 Å². The molecule has 1 aromatic rings. The summed E-state index contributed by atoms with van der Waals surface area (Å²) in [6.45, 7) is 3.64. The van der Waals surface area contributed by atoms with Crippen molar-refractivity contribution in [2.24, 2.45) is 5.73 Å². The van der Waals surface area contributed by atoms with E-state index in [4.69, 9.17) is 10.8 Å². The Morgan fingerprint density at radius 2 is 1.94 bits per heavy atom. The summed E-state index contributed by atoms with van der Waals surface area (Å²) in [4.78, 5) is 10.4. The highest BCUT2D eigenvalue weighted by atomic mass is 19.1. The molecule has 0 amide bonds. The molecule has 0 spiro atoms. The molecule has 0 aliphatic rings. The maximum Gasteiger partial charge on any atom is 0.303 e. The Hall–Kier alpha value is -1.42. The number of carbonyl (C=O) groups is 1. The van der Waals surface area contributed by atoms with Crippen molar-refractivity contribution < 1.29 is 14.3 Å². The lowest BCUT2D eigenvalue weighted by atomic mass is 9.93. The fraction of sp³-hybridized carbons (Fsp3) is 0.462. The summed E-state index contributed by atoms with van der Waals surface area (Å²) in [5.41, 5.74) is 8.59. The maximum absolute atomic E-state index is 13.1. The van der Waals surface area contributed by atoms with E-state index in [-0.39, 0.29) is 18.3 Å². The van der Waals surface area contributed by atoms with Crippen molar-refractivity contribution in [3.63, 3.8) is 0 Å². The molecule has 0 fully saturated rings. The van der Waals surface area contributed by atoms with Crippen LogP contribution in [0.15, 0.2) is 12.1 Å². The van der Waals surface area contributed by atoms with E-state index in [0.29, 0.717) is 12.8 Å². The molecule has 4 heteroatoms. The van der Waals surface area contributed by atoms with Crippen molar-refractivity contribution >= 4 is 5.97 Å². The minimum atomic E-state index is -0.815. The molecule has 0 saturated carbocycles. The minimum absolute atomic E-state index is 0.118. The first kappa shape index (κ1) is 13.6. The van der Waals surface area contributed by atoms with E-state index in [9.17, 15) is 9.18 Å². The highest BCUT2D eigenvalue weighted by Gasteiger charge is 2.13. The molecule has 3 nitrogen and oxygen atoms in total. The van der Waals surface area contributed by atoms with Crippen molar-refractivity contribution in [2.45, 2.75) is 39.2 Å². The largest absolute Gasteiger partial charge is 0.481 e. The van der Waals surface area contributed by atoms with Crippen LogP contribution in [0.2, 0.25) is 0 Å². The van der Waals surface area contributed by atoms with Crippen LogP contribution in [0.3, 0.4) is 0 Å². The first-order chi connectivity index (χ1) is 7.91. The molecule has 3 N–H and O–H groups in total. The number of carboxylic acids is 1. The van der Waals surface area contributed by atoms with Gasteiger partial charge in [0.15, 0.2) is 0 Å². The Labute approximate surface area is 100 Å². The van der Waals surface area contributed by atoms with Gasteiger partial charge in [0.05, 0.1) is 0 Å². The summed E-state index contributed by atoms with van der Waals surface area (Å²) in [7, 11) is 0. The third-order valence-electron chi connectivity index (χ3n) is 2.84. The molecule has 1 unspecified atom stereocenters. The molecule has 0 bridgehead atoms. The Balaban J connectivity index is 2.75. The van der Waals surface area contributed by atoms with Gasteiger partial charge in [-0.05, 0) is 55.5 Å². The summed E-state index contributed by atoms with van der Waals surface area (Å²) in [5, 5.41) is 8.55. The lowest BCUT2D eigenvalue weighted by molar-refractivity contribution is -0.137. The summed E-state index contributed by atoms with van der Waals surface area (Å²) in [6, 6.07) is 2.69. The molecule has 1 rings (SSSR count). The van der Waals surface area contributed by atoms with Gasteiger partial charge in [0, 0.05) is 12.5 Å². The van der Waals surface area contributed by atoms with Gasteiger partial charge in [-0.25, -0.2) is 4.39 Å². The van der Waals surface area contributed by atoms with Crippen LogP contribution >= 0.6 is 0 Å². The lowest BCUT2D eigenvalue weighted by Gasteiger charge is -2.17. The van der Waals surface area contributed by atoms with E-state index in [0.717, 1.165) is 16.7 Å². The minimum Gasteiger partial charge on any atom is -0.481 e. The number of hydrogen-bond acceptors (Lipinski definition) is 2. The number of carboxylic acid groups (broad SMARTS) is 1. The van der Waals surface area contributed by atoms with Crippen LogP contribution in [-0.4, -0.2) is 11.1 Å². The van der Waals surface area contributed by atoms with E-state index in [1.807, 2.05) is 13.8 Å². The lowest BCUT2D eigenvalue weighted by Crippen LogP contribution is -2.14. The highest BCUT2D eigenvalue weighted by Crippen LogP contribution is 2.25. The molecular weight excluding hydrogens is 221 g/mol. The molecule has 0 aliphatic heterocycles. The van der Waals surface area contributed by atoms with Crippen molar-refractivity contribution in [3.8, 4) is 0 Å². The van der Waals surface area contributed by atoms with Crippen LogP contribution in [0.5, 0.6) is 0 Å². The van der Waals surface area contributed by atoms with Gasteiger partial charge in [0.2, 0.25) is 0 Å². The molecular formula is C13H18FNO2. The van der Waals surface area contributed by atoms with Crippen molar-refractivity contribution in [3.05, 3.63) is 34.6 Å². The van der Waals surface area contributed by atoms with Crippen LogP contribution < -0.4 is 5.73 Å². The normalized spacial score (nSPS) is 12.5. The monoisotopic (exact) mass is 239 g/mol. The van der Waals surface area contributed by atoms with Crippen LogP contribution in [0.25, 0.3) is 0 Å². The average Bonchev–Trinajstić information content (AvgIpc) is 2.14. The zero-order chi connectivity index (χ0) is 13.0. The fourth-order valence-electron chi connectivity index (χ4n) is 2.12. The smallest absolute Gasteiger partial charge is 0.303 e. The topological polar surface area (TPSA) is 63.3 Å². The Morgan fingerprint density at radius 3 is 2.41 bits per heavy atom. The number of aryl methyl sites for hydroxylation is 2. The predicted molar refractivity (Wildman–Crippen MR) is 64.3 cm³/mol. The number of rotatable bonds is 5. The molecule has 0 aliphatic carbocycles. The van der Waals surface area contributed by atoms with Gasteiger partial charge in [-0.15, -0.1) is 0 Å². The van der Waals surface area contributed by atoms with Crippen LogP contribution in [-0.2, 0) is 4.79 Å². The van der Waals surface area contributed by atoms with E-state index >= 15 is 0 Å². The van der Waals surface area contributed by atoms with E-state index < -0.39 is 5.97 Å². The molecule has 17 heavy (non-hydrogen) atoms. The maximum atomic E-state index is 13.1. The van der Waals surface area contributed by atoms with Gasteiger partial charge in [0.25, 0.3) is 0 Å².